The third-order valence-corrected chi connectivity index (χ3v) is 4.66. The average Bonchev–Trinajstić information content (AvgIpc) is 2.84. The lowest BCUT2D eigenvalue weighted by atomic mass is 10.0. The fraction of sp³-hybridized carbons (Fsp3) is 0.222. The molecule has 1 amide bonds. The van der Waals surface area contributed by atoms with Crippen LogP contribution in [0, 0.1) is 20.8 Å². The predicted octanol–water partition coefficient (Wildman–Crippen LogP) is 4.40. The van der Waals surface area contributed by atoms with Crippen molar-refractivity contribution in [3.63, 3.8) is 0 Å². The molecule has 1 aromatic heterocycles. The van der Waals surface area contributed by atoms with E-state index in [9.17, 15) is 4.79 Å². The number of hydrogen-bond donors (Lipinski definition) is 1. The number of thiazole rings is 1. The van der Waals surface area contributed by atoms with Crippen LogP contribution in [0.3, 0.4) is 0 Å². The summed E-state index contributed by atoms with van der Waals surface area (Å²) in [5.41, 5.74) is 5.60. The van der Waals surface area contributed by atoms with Crippen LogP contribution in [0.5, 0.6) is 0 Å². The fourth-order valence-corrected chi connectivity index (χ4v) is 3.33. The largest absolute Gasteiger partial charge is 0.302 e. The highest BCUT2D eigenvalue weighted by Crippen LogP contribution is 2.26. The van der Waals surface area contributed by atoms with Crippen LogP contribution in [0.2, 0.25) is 0 Å². The van der Waals surface area contributed by atoms with Crippen molar-refractivity contribution >= 4 is 32.6 Å². The van der Waals surface area contributed by atoms with Crippen molar-refractivity contribution in [2.75, 3.05) is 5.32 Å². The summed E-state index contributed by atoms with van der Waals surface area (Å²) in [6.07, 6.45) is 0.371. The van der Waals surface area contributed by atoms with E-state index in [1.165, 1.54) is 28.0 Å². The first-order chi connectivity index (χ1) is 10.5. The lowest BCUT2D eigenvalue weighted by molar-refractivity contribution is -0.115. The Labute approximate surface area is 134 Å². The quantitative estimate of drug-likeness (QED) is 0.779. The predicted molar refractivity (Wildman–Crippen MR) is 92.6 cm³/mol. The third-order valence-electron chi connectivity index (χ3n) is 3.73. The highest BCUT2D eigenvalue weighted by molar-refractivity contribution is 7.22. The Hall–Kier alpha value is -2.20. The molecule has 0 aliphatic heterocycles. The monoisotopic (exact) mass is 310 g/mol. The number of nitrogens with zero attached hydrogens (tertiary/aromatic N) is 1. The Morgan fingerprint density at radius 3 is 2.68 bits per heavy atom. The number of aromatic nitrogens is 1. The number of aryl methyl sites for hydroxylation is 3. The van der Waals surface area contributed by atoms with Crippen LogP contribution < -0.4 is 5.32 Å². The zero-order valence-electron chi connectivity index (χ0n) is 12.9. The number of fused-ring (bicyclic) bond motifs is 1. The maximum absolute atomic E-state index is 12.2. The number of amides is 1. The van der Waals surface area contributed by atoms with Gasteiger partial charge in [0.05, 0.1) is 16.6 Å². The van der Waals surface area contributed by atoms with E-state index >= 15 is 0 Å². The third kappa shape index (κ3) is 3.17. The van der Waals surface area contributed by atoms with Crippen molar-refractivity contribution in [3.8, 4) is 0 Å². The van der Waals surface area contributed by atoms with Crippen LogP contribution in [0.1, 0.15) is 22.3 Å². The lowest BCUT2D eigenvalue weighted by Crippen LogP contribution is -2.14. The summed E-state index contributed by atoms with van der Waals surface area (Å²) >= 11 is 1.51. The van der Waals surface area contributed by atoms with Crippen molar-refractivity contribution < 1.29 is 4.79 Å². The molecule has 3 nitrogen and oxygen atoms in total. The minimum absolute atomic E-state index is 0.0287. The van der Waals surface area contributed by atoms with E-state index in [4.69, 9.17) is 0 Å². The molecule has 0 aliphatic rings. The lowest BCUT2D eigenvalue weighted by Gasteiger charge is -2.05. The van der Waals surface area contributed by atoms with Gasteiger partial charge in [-0.05, 0) is 55.2 Å². The van der Waals surface area contributed by atoms with Gasteiger partial charge in [-0.3, -0.25) is 4.79 Å². The Kier molecular flexibility index (Phi) is 3.94. The molecule has 4 heteroatoms. The molecule has 2 aromatic carbocycles. The van der Waals surface area contributed by atoms with Crippen molar-refractivity contribution in [2.45, 2.75) is 27.2 Å². The van der Waals surface area contributed by atoms with Gasteiger partial charge in [-0.1, -0.05) is 35.6 Å². The van der Waals surface area contributed by atoms with Crippen LogP contribution in [-0.2, 0) is 11.2 Å². The second kappa shape index (κ2) is 5.89. The molecule has 0 fully saturated rings. The molecule has 112 valence electrons. The molecule has 0 radical (unpaired) electrons. The summed E-state index contributed by atoms with van der Waals surface area (Å²) in [7, 11) is 0. The van der Waals surface area contributed by atoms with Gasteiger partial charge < -0.3 is 5.32 Å². The molecule has 22 heavy (non-hydrogen) atoms. The number of benzene rings is 2. The van der Waals surface area contributed by atoms with Crippen LogP contribution >= 0.6 is 11.3 Å². The Bertz CT molecular complexity index is 851. The molecule has 0 saturated heterocycles. The van der Waals surface area contributed by atoms with Crippen LogP contribution in [-0.4, -0.2) is 10.9 Å². The number of carbonyl (C=O) groups is 1. The molecule has 0 atom stereocenters. The van der Waals surface area contributed by atoms with Crippen molar-refractivity contribution in [1.29, 1.82) is 0 Å². The summed E-state index contributed by atoms with van der Waals surface area (Å²) < 4.78 is 1.10. The molecule has 3 aromatic rings. The zero-order valence-corrected chi connectivity index (χ0v) is 13.8. The number of nitrogens with one attached hydrogen (secondary N) is 1. The summed E-state index contributed by atoms with van der Waals surface area (Å²) in [6, 6.07) is 12.2. The Morgan fingerprint density at radius 1 is 1.09 bits per heavy atom. The summed E-state index contributed by atoms with van der Waals surface area (Å²) in [5, 5.41) is 3.56. The molecule has 1 heterocycles. The highest BCUT2D eigenvalue weighted by atomic mass is 32.1. The van der Waals surface area contributed by atoms with E-state index in [2.05, 4.69) is 49.3 Å². The molecule has 0 unspecified atom stereocenters. The molecular weight excluding hydrogens is 292 g/mol. The van der Waals surface area contributed by atoms with Gasteiger partial charge in [0.15, 0.2) is 5.13 Å². The first-order valence-electron chi connectivity index (χ1n) is 7.24. The number of carbonyl (C=O) groups excluding carboxylic acids is 1. The van der Waals surface area contributed by atoms with Crippen molar-refractivity contribution in [2.24, 2.45) is 0 Å². The summed E-state index contributed by atoms with van der Waals surface area (Å²) in [5.74, 6) is -0.0287. The fourth-order valence-electron chi connectivity index (χ4n) is 2.35. The first kappa shape index (κ1) is 14.7. The Balaban J connectivity index is 1.73. The standard InChI is InChI=1S/C18H18N2OS/c1-11-4-7-15-16(8-11)22-18(19-15)20-17(21)10-14-6-5-12(2)13(3)9-14/h4-9H,10H2,1-3H3,(H,19,20,21). The summed E-state index contributed by atoms with van der Waals surface area (Å²) in [6.45, 7) is 6.19. The van der Waals surface area contributed by atoms with Gasteiger partial charge in [0.1, 0.15) is 0 Å². The molecule has 0 aliphatic carbocycles. The average molecular weight is 310 g/mol. The second-order valence-electron chi connectivity index (χ2n) is 5.63. The van der Waals surface area contributed by atoms with Gasteiger partial charge in [0.25, 0.3) is 0 Å². The van der Waals surface area contributed by atoms with Crippen LogP contribution in [0.15, 0.2) is 36.4 Å². The van der Waals surface area contributed by atoms with Crippen molar-refractivity contribution in [3.05, 3.63) is 58.7 Å². The molecule has 0 saturated carbocycles. The summed E-state index contributed by atoms with van der Waals surface area (Å²) in [4.78, 5) is 16.6. The van der Waals surface area contributed by atoms with E-state index in [0.717, 1.165) is 15.8 Å². The smallest absolute Gasteiger partial charge is 0.230 e. The molecular formula is C18H18N2OS. The second-order valence-corrected chi connectivity index (χ2v) is 6.66. The van der Waals surface area contributed by atoms with Crippen molar-refractivity contribution in [1.82, 2.24) is 4.98 Å². The van der Waals surface area contributed by atoms with Gasteiger partial charge in [0.2, 0.25) is 5.91 Å². The normalized spacial score (nSPS) is 10.9. The number of anilines is 1. The Morgan fingerprint density at radius 2 is 1.91 bits per heavy atom. The van der Waals surface area contributed by atoms with Gasteiger partial charge in [-0.2, -0.15) is 0 Å². The van der Waals surface area contributed by atoms with E-state index in [-0.39, 0.29) is 5.91 Å². The molecule has 3 rings (SSSR count). The minimum atomic E-state index is -0.0287. The van der Waals surface area contributed by atoms with Crippen LogP contribution in [0.25, 0.3) is 10.2 Å². The molecule has 0 bridgehead atoms. The zero-order chi connectivity index (χ0) is 15.7. The maximum Gasteiger partial charge on any atom is 0.230 e. The minimum Gasteiger partial charge on any atom is -0.302 e. The molecule has 1 N–H and O–H groups in total. The molecule has 0 spiro atoms. The van der Waals surface area contributed by atoms with Gasteiger partial charge in [-0.15, -0.1) is 0 Å². The van der Waals surface area contributed by atoms with Gasteiger partial charge in [-0.25, -0.2) is 4.98 Å². The van der Waals surface area contributed by atoms with E-state index < -0.39 is 0 Å². The van der Waals surface area contributed by atoms with Gasteiger partial charge >= 0.3 is 0 Å². The number of rotatable bonds is 3. The number of hydrogen-bond acceptors (Lipinski definition) is 3. The highest BCUT2D eigenvalue weighted by Gasteiger charge is 2.09. The van der Waals surface area contributed by atoms with Gasteiger partial charge in [0, 0.05) is 0 Å². The van der Waals surface area contributed by atoms with E-state index in [1.807, 2.05) is 18.2 Å². The SMILES string of the molecule is Cc1ccc2nc(NC(=O)Cc3ccc(C)c(C)c3)sc2c1. The van der Waals surface area contributed by atoms with E-state index in [0.29, 0.717) is 11.6 Å². The topological polar surface area (TPSA) is 42.0 Å². The van der Waals surface area contributed by atoms with E-state index in [1.54, 1.807) is 0 Å². The maximum atomic E-state index is 12.2. The first-order valence-corrected chi connectivity index (χ1v) is 8.06. The van der Waals surface area contributed by atoms with Crippen LogP contribution in [0.4, 0.5) is 5.13 Å².